The van der Waals surface area contributed by atoms with E-state index in [4.69, 9.17) is 0 Å². The molecule has 12 heteroatoms. The number of para-hydroxylation sites is 1. The summed E-state index contributed by atoms with van der Waals surface area (Å²) in [5.74, 6) is -1.86. The van der Waals surface area contributed by atoms with Gasteiger partial charge in [0, 0.05) is 43.0 Å². The van der Waals surface area contributed by atoms with Crippen LogP contribution in [0.25, 0.3) is 10.9 Å². The first-order chi connectivity index (χ1) is 20.4. The lowest BCUT2D eigenvalue weighted by Gasteiger charge is -2.28. The Morgan fingerprint density at radius 3 is 2.56 bits per heavy atom. The van der Waals surface area contributed by atoms with Crippen LogP contribution < -0.4 is 10.6 Å². The molecule has 3 aromatic rings. The van der Waals surface area contributed by atoms with E-state index in [0.717, 1.165) is 44.9 Å². The Labute approximate surface area is 251 Å². The Morgan fingerprint density at radius 2 is 1.86 bits per heavy atom. The minimum absolute atomic E-state index is 0.0745. The first-order valence-electron chi connectivity index (χ1n) is 14.1. The maximum Gasteiger partial charge on any atom is 0.241 e. The second-order valence-corrected chi connectivity index (χ2v) is 12.6. The minimum atomic E-state index is -3.81. The van der Waals surface area contributed by atoms with Gasteiger partial charge in [-0.3, -0.25) is 9.69 Å². The number of amides is 1. The lowest BCUT2D eigenvalue weighted by atomic mass is 10.1. The van der Waals surface area contributed by atoms with Crippen LogP contribution in [0.2, 0.25) is 0 Å². The van der Waals surface area contributed by atoms with E-state index in [9.17, 15) is 17.6 Å². The van der Waals surface area contributed by atoms with Gasteiger partial charge in [-0.05, 0) is 57.6 Å². The molecule has 0 saturated carbocycles. The second kappa shape index (κ2) is 13.6. The Kier molecular flexibility index (Phi) is 10.2. The van der Waals surface area contributed by atoms with Gasteiger partial charge in [0.1, 0.15) is 22.3 Å². The largest absolute Gasteiger partial charge is 0.359 e. The van der Waals surface area contributed by atoms with E-state index in [2.05, 4.69) is 44.0 Å². The molecule has 9 nitrogen and oxygen atoms in total. The zero-order valence-corrected chi connectivity index (χ0v) is 25.7. The number of carbonyl (C=O) groups excluding carboxylic acids is 1. The summed E-state index contributed by atoms with van der Waals surface area (Å²) in [5.41, 5.74) is 1.31. The van der Waals surface area contributed by atoms with Gasteiger partial charge in [-0.1, -0.05) is 31.7 Å². The fourth-order valence-corrected chi connectivity index (χ4v) is 6.01. The van der Waals surface area contributed by atoms with Gasteiger partial charge >= 0.3 is 0 Å². The number of H-pyrrole nitrogens is 1. The predicted octanol–water partition coefficient (Wildman–Crippen LogP) is 5.31. The summed E-state index contributed by atoms with van der Waals surface area (Å²) in [6.07, 6.45) is 5.39. The van der Waals surface area contributed by atoms with Gasteiger partial charge < -0.3 is 20.5 Å². The number of rotatable bonds is 10. The maximum atomic E-state index is 15.2. The number of hydrogen-bond donors (Lipinski definition) is 3. The van der Waals surface area contributed by atoms with Crippen LogP contribution in [-0.2, 0) is 14.6 Å². The number of nitrogens with zero attached hydrogens (tertiary/aromatic N) is 3. The van der Waals surface area contributed by atoms with Gasteiger partial charge in [0.25, 0.3) is 0 Å². The average molecular weight is 613 g/mol. The summed E-state index contributed by atoms with van der Waals surface area (Å²) in [4.78, 5) is 24.9. The van der Waals surface area contributed by atoms with Crippen molar-refractivity contribution in [1.29, 1.82) is 0 Å². The molecule has 1 aliphatic heterocycles. The molecule has 1 aliphatic rings. The Hall–Kier alpha value is -3.87. The molecule has 4 rings (SSSR count). The van der Waals surface area contributed by atoms with E-state index in [-0.39, 0.29) is 29.2 Å². The lowest BCUT2D eigenvalue weighted by molar-refractivity contribution is -0.121. The third-order valence-electron chi connectivity index (χ3n) is 7.48. The highest BCUT2D eigenvalue weighted by Crippen LogP contribution is 2.29. The van der Waals surface area contributed by atoms with E-state index >= 15 is 4.39 Å². The molecular formula is C31H38F2N6O3S. The van der Waals surface area contributed by atoms with Gasteiger partial charge in [0.2, 0.25) is 5.91 Å². The molecule has 0 spiro atoms. The summed E-state index contributed by atoms with van der Waals surface area (Å²) in [7, 11) is -1.73. The Morgan fingerprint density at radius 1 is 1.14 bits per heavy atom. The molecule has 0 radical (unpaired) electrons. The highest BCUT2D eigenvalue weighted by Gasteiger charge is 2.27. The zero-order valence-electron chi connectivity index (χ0n) is 24.9. The molecule has 1 saturated heterocycles. The minimum Gasteiger partial charge on any atom is -0.359 e. The molecule has 0 unspecified atom stereocenters. The van der Waals surface area contributed by atoms with Gasteiger partial charge in [-0.2, -0.15) is 0 Å². The topological polar surface area (TPSA) is 110 Å². The van der Waals surface area contributed by atoms with Crippen LogP contribution in [0.15, 0.2) is 76.8 Å². The van der Waals surface area contributed by atoms with Crippen molar-refractivity contribution in [2.45, 2.75) is 37.6 Å². The number of sulfone groups is 1. The number of anilines is 2. The standard InChI is InChI=1S/C31H38F2N6O3S/c1-6-23(32)29(36-20(3)35-24-12-9-14-27(28(24)33)43(5,41)42)22-19-34-30-21(22)11-8-13-25(30)37-31(40)26(7-2)39-16-10-15-38(4)17-18-39/h6,8-9,11-14,19,26,34-35H,3,7,10,15-18H2,1-2,4-5H3,(H,37,40)/b23-6+,36-29-/t26-/m1/s1. The number of benzene rings is 2. The van der Waals surface area contributed by atoms with Crippen LogP contribution >= 0.6 is 0 Å². The van der Waals surface area contributed by atoms with E-state index in [1.807, 2.05) is 6.92 Å². The molecular weight excluding hydrogens is 574 g/mol. The lowest BCUT2D eigenvalue weighted by Crippen LogP contribution is -2.45. The monoisotopic (exact) mass is 612 g/mol. The Bertz CT molecular complexity index is 1680. The number of nitrogens with one attached hydrogen (secondary N) is 3. The van der Waals surface area contributed by atoms with Crippen molar-refractivity contribution in [3.63, 3.8) is 0 Å². The van der Waals surface area contributed by atoms with E-state index in [0.29, 0.717) is 28.6 Å². The number of hydrogen-bond acceptors (Lipinski definition) is 7. The van der Waals surface area contributed by atoms with Gasteiger partial charge in [0.15, 0.2) is 15.7 Å². The molecule has 230 valence electrons. The highest BCUT2D eigenvalue weighted by atomic mass is 32.2. The summed E-state index contributed by atoms with van der Waals surface area (Å²) in [6.45, 7) is 10.8. The molecule has 2 heterocycles. The fraction of sp³-hybridized carbons (Fsp3) is 0.355. The summed E-state index contributed by atoms with van der Waals surface area (Å²) in [6, 6.07) is 8.92. The number of carbonyl (C=O) groups is 1. The molecule has 1 amide bonds. The maximum absolute atomic E-state index is 15.2. The molecule has 1 aromatic heterocycles. The molecule has 0 bridgehead atoms. The average Bonchev–Trinajstić information content (AvgIpc) is 3.28. The third kappa shape index (κ3) is 7.38. The number of halogens is 2. The van der Waals surface area contributed by atoms with Crippen molar-refractivity contribution in [1.82, 2.24) is 14.8 Å². The molecule has 0 aliphatic carbocycles. The van der Waals surface area contributed by atoms with Crippen LogP contribution in [0.5, 0.6) is 0 Å². The van der Waals surface area contributed by atoms with E-state index < -0.39 is 26.4 Å². The third-order valence-corrected chi connectivity index (χ3v) is 8.60. The number of likely N-dealkylation sites (N-methyl/N-ethyl adjacent to an activating group) is 1. The van der Waals surface area contributed by atoms with Crippen molar-refractivity contribution >= 4 is 43.7 Å². The van der Waals surface area contributed by atoms with Crippen LogP contribution in [0.4, 0.5) is 20.2 Å². The molecule has 1 fully saturated rings. The first kappa shape index (κ1) is 32.1. The van der Waals surface area contributed by atoms with Gasteiger partial charge in [0.05, 0.1) is 22.9 Å². The molecule has 3 N–H and O–H groups in total. The van der Waals surface area contributed by atoms with Crippen molar-refractivity contribution in [2.24, 2.45) is 4.99 Å². The number of fused-ring (bicyclic) bond motifs is 1. The first-order valence-corrected chi connectivity index (χ1v) is 16.0. The summed E-state index contributed by atoms with van der Waals surface area (Å²) < 4.78 is 54.0. The summed E-state index contributed by atoms with van der Waals surface area (Å²) in [5, 5.41) is 6.32. The van der Waals surface area contributed by atoms with Crippen molar-refractivity contribution < 1.29 is 22.0 Å². The number of aliphatic imine (C=N–C) groups is 1. The SMILES string of the molecule is C=C(/N=C(\C(F)=C/C)c1c[nH]c2c(NC(=O)[C@@H](CC)N3CCCN(C)CC3)cccc12)Nc1cccc(S(C)(=O)=O)c1F. The van der Waals surface area contributed by atoms with Crippen LogP contribution in [0.1, 0.15) is 32.3 Å². The van der Waals surface area contributed by atoms with Crippen LogP contribution in [0.3, 0.4) is 0 Å². The van der Waals surface area contributed by atoms with Crippen molar-refractivity contribution in [2.75, 3.05) is 50.1 Å². The molecule has 43 heavy (non-hydrogen) atoms. The van der Waals surface area contributed by atoms with Gasteiger partial charge in [-0.15, -0.1) is 0 Å². The fourth-order valence-electron chi connectivity index (χ4n) is 5.25. The van der Waals surface area contributed by atoms with E-state index in [1.54, 1.807) is 24.4 Å². The second-order valence-electron chi connectivity index (χ2n) is 10.6. The van der Waals surface area contributed by atoms with Crippen molar-refractivity contribution in [3.8, 4) is 0 Å². The normalized spacial score (nSPS) is 16.6. The smallest absolute Gasteiger partial charge is 0.241 e. The predicted molar refractivity (Wildman–Crippen MR) is 168 cm³/mol. The van der Waals surface area contributed by atoms with Crippen LogP contribution in [0, 0.1) is 5.82 Å². The van der Waals surface area contributed by atoms with Gasteiger partial charge in [-0.25, -0.2) is 22.2 Å². The van der Waals surface area contributed by atoms with E-state index in [1.165, 1.54) is 25.1 Å². The van der Waals surface area contributed by atoms with Crippen molar-refractivity contribution in [3.05, 3.63) is 78.3 Å². The quantitative estimate of drug-likeness (QED) is 0.268. The molecule has 2 aromatic carbocycles. The number of aromatic amines is 1. The van der Waals surface area contributed by atoms with Crippen LogP contribution in [-0.4, -0.2) is 80.3 Å². The molecule has 1 atom stereocenters. The number of aromatic nitrogens is 1. The highest BCUT2D eigenvalue weighted by molar-refractivity contribution is 7.90. The zero-order chi connectivity index (χ0) is 31.3. The summed E-state index contributed by atoms with van der Waals surface area (Å²) >= 11 is 0. The Balaban J connectivity index is 1.63. The number of allylic oxidation sites excluding steroid dienone is 2.